The fraction of sp³-hybridized carbons (Fsp3) is 0.688. The molecule has 1 unspecified atom stereocenters. The molecule has 2 heterocycles. The first kappa shape index (κ1) is 18.8. The van der Waals surface area contributed by atoms with Gasteiger partial charge in [-0.05, 0) is 31.0 Å². The number of imidazole rings is 1. The average molecular weight is 352 g/mol. The van der Waals surface area contributed by atoms with E-state index in [2.05, 4.69) is 48.8 Å². The Kier molecular flexibility index (Phi) is 5.62. The molecule has 2 rings (SSSR count). The number of aliphatic hydroxyl groups excluding tert-OH is 1. The molecule has 7 nitrogen and oxygen atoms in total. The molecule has 3 N–H and O–H groups in total. The zero-order chi connectivity index (χ0) is 18.0. The summed E-state index contributed by atoms with van der Waals surface area (Å²) >= 11 is 0. The molecule has 8 heteroatoms. The van der Waals surface area contributed by atoms with E-state index >= 15 is 0 Å². The van der Waals surface area contributed by atoms with Crippen molar-refractivity contribution in [1.82, 2.24) is 19.5 Å². The van der Waals surface area contributed by atoms with Crippen molar-refractivity contribution in [3.05, 3.63) is 12.7 Å². The lowest BCUT2D eigenvalue weighted by Gasteiger charge is -2.36. The van der Waals surface area contributed by atoms with Crippen LogP contribution in [0, 0.1) is 0 Å². The van der Waals surface area contributed by atoms with E-state index in [1.54, 1.807) is 6.33 Å². The van der Waals surface area contributed by atoms with Crippen LogP contribution in [-0.4, -0.2) is 46.2 Å². The van der Waals surface area contributed by atoms with E-state index in [1.165, 1.54) is 6.33 Å². The average Bonchev–Trinajstić information content (AvgIpc) is 2.90. The molecular formula is C16H29N5O2Si. The number of nitrogens with zero attached hydrogens (tertiary/aromatic N) is 4. The van der Waals surface area contributed by atoms with Crippen molar-refractivity contribution in [2.24, 2.45) is 0 Å². The molecule has 0 saturated carbocycles. The maximum atomic E-state index is 9.43. The highest BCUT2D eigenvalue weighted by atomic mass is 28.4. The van der Waals surface area contributed by atoms with Crippen LogP contribution in [-0.2, 0) is 4.43 Å². The minimum Gasteiger partial charge on any atom is -0.417 e. The molecule has 1 atom stereocenters. The van der Waals surface area contributed by atoms with Gasteiger partial charge in [-0.1, -0.05) is 20.8 Å². The second-order valence-corrected chi connectivity index (χ2v) is 12.5. The van der Waals surface area contributed by atoms with E-state index in [9.17, 15) is 5.11 Å². The van der Waals surface area contributed by atoms with Crippen LogP contribution < -0.4 is 5.73 Å². The summed E-state index contributed by atoms with van der Waals surface area (Å²) in [6.07, 6.45) is 4.58. The number of aromatic nitrogens is 4. The molecule has 0 aliphatic heterocycles. The molecule has 0 aliphatic carbocycles. The van der Waals surface area contributed by atoms with Crippen LogP contribution in [0.3, 0.4) is 0 Å². The predicted molar refractivity (Wildman–Crippen MR) is 98.2 cm³/mol. The number of nitrogen functional groups attached to an aromatic ring is 1. The van der Waals surface area contributed by atoms with Gasteiger partial charge in [0, 0.05) is 19.3 Å². The Bertz CT molecular complexity index is 681. The Morgan fingerprint density at radius 2 is 1.96 bits per heavy atom. The van der Waals surface area contributed by atoms with E-state index in [-0.39, 0.29) is 17.7 Å². The standard InChI is InChI=1S/C16H29N5O2Si/c1-16(2,3)24(4,5)23-9-7-12(6-8-22)21-11-20-13-14(17)18-10-19-15(13)21/h10-12,22H,6-9H2,1-5H3,(H2,17,18,19). The molecule has 134 valence electrons. The van der Waals surface area contributed by atoms with E-state index in [1.807, 2.05) is 4.57 Å². The normalized spacial score (nSPS) is 14.2. The molecule has 0 bridgehead atoms. The van der Waals surface area contributed by atoms with Gasteiger partial charge in [-0.2, -0.15) is 0 Å². The molecule has 0 saturated heterocycles. The van der Waals surface area contributed by atoms with Crippen molar-refractivity contribution >= 4 is 25.3 Å². The number of hydrogen-bond donors (Lipinski definition) is 2. The molecule has 0 fully saturated rings. The molecule has 2 aromatic heterocycles. The first-order valence-corrected chi connectivity index (χ1v) is 11.3. The number of hydrogen-bond acceptors (Lipinski definition) is 6. The molecule has 24 heavy (non-hydrogen) atoms. The Hall–Kier alpha value is -1.51. The smallest absolute Gasteiger partial charge is 0.191 e. The largest absolute Gasteiger partial charge is 0.417 e. The monoisotopic (exact) mass is 351 g/mol. The quantitative estimate of drug-likeness (QED) is 0.744. The minimum absolute atomic E-state index is 0.0686. The van der Waals surface area contributed by atoms with Gasteiger partial charge in [0.2, 0.25) is 0 Å². The number of fused-ring (bicyclic) bond motifs is 1. The zero-order valence-electron chi connectivity index (χ0n) is 15.3. The lowest BCUT2D eigenvalue weighted by atomic mass is 10.1. The lowest BCUT2D eigenvalue weighted by molar-refractivity contribution is 0.219. The predicted octanol–water partition coefficient (Wildman–Crippen LogP) is 2.74. The summed E-state index contributed by atoms with van der Waals surface area (Å²) in [6, 6.07) is 0.0686. The molecule has 0 radical (unpaired) electrons. The van der Waals surface area contributed by atoms with E-state index < -0.39 is 8.32 Å². The maximum absolute atomic E-state index is 9.43. The molecule has 0 aliphatic rings. The topological polar surface area (TPSA) is 99.1 Å². The van der Waals surface area contributed by atoms with E-state index in [4.69, 9.17) is 10.2 Å². The van der Waals surface area contributed by atoms with E-state index in [0.717, 1.165) is 6.42 Å². The third-order valence-electron chi connectivity index (χ3n) is 4.96. The van der Waals surface area contributed by atoms with Crippen molar-refractivity contribution in [2.45, 2.75) is 57.8 Å². The van der Waals surface area contributed by atoms with E-state index in [0.29, 0.717) is 30.0 Å². The van der Waals surface area contributed by atoms with Gasteiger partial charge in [-0.3, -0.25) is 0 Å². The summed E-state index contributed by atoms with van der Waals surface area (Å²) in [7, 11) is -1.78. The SMILES string of the molecule is CC(C)(C)[Si](C)(C)OCCC(CCO)n1cnc2c(N)ncnc21. The third-order valence-corrected chi connectivity index (χ3v) is 9.50. The van der Waals surface area contributed by atoms with Crippen molar-refractivity contribution in [1.29, 1.82) is 0 Å². The fourth-order valence-corrected chi connectivity index (χ4v) is 3.44. The molecule has 0 aromatic carbocycles. The summed E-state index contributed by atoms with van der Waals surface area (Å²) in [5, 5.41) is 9.61. The fourth-order valence-electron chi connectivity index (χ4n) is 2.38. The van der Waals surface area contributed by atoms with Gasteiger partial charge in [0.25, 0.3) is 0 Å². The van der Waals surface area contributed by atoms with Crippen LogP contribution in [0.15, 0.2) is 12.7 Å². The van der Waals surface area contributed by atoms with Crippen LogP contribution in [0.25, 0.3) is 11.2 Å². The highest BCUT2D eigenvalue weighted by molar-refractivity contribution is 6.74. The summed E-state index contributed by atoms with van der Waals surface area (Å²) in [6.45, 7) is 11.9. The first-order chi connectivity index (χ1) is 11.2. The highest BCUT2D eigenvalue weighted by Gasteiger charge is 2.37. The highest BCUT2D eigenvalue weighted by Crippen LogP contribution is 2.37. The number of anilines is 1. The zero-order valence-corrected chi connectivity index (χ0v) is 16.3. The summed E-state index contributed by atoms with van der Waals surface area (Å²) in [5.74, 6) is 0.374. The van der Waals surface area contributed by atoms with Gasteiger partial charge in [-0.25, -0.2) is 15.0 Å². The molecule has 0 spiro atoms. The molecular weight excluding hydrogens is 322 g/mol. The number of rotatable bonds is 7. The van der Waals surface area contributed by atoms with Gasteiger partial charge in [0.1, 0.15) is 11.8 Å². The summed E-state index contributed by atoms with van der Waals surface area (Å²) < 4.78 is 8.24. The van der Waals surface area contributed by atoms with Crippen LogP contribution >= 0.6 is 0 Å². The molecule has 2 aromatic rings. The van der Waals surface area contributed by atoms with Crippen molar-refractivity contribution < 1.29 is 9.53 Å². The molecule has 0 amide bonds. The van der Waals surface area contributed by atoms with Crippen molar-refractivity contribution in [2.75, 3.05) is 18.9 Å². The summed E-state index contributed by atoms with van der Waals surface area (Å²) in [4.78, 5) is 12.6. The Labute approximate surface area is 144 Å². The van der Waals surface area contributed by atoms with Gasteiger partial charge in [0.15, 0.2) is 19.8 Å². The van der Waals surface area contributed by atoms with Gasteiger partial charge in [0.05, 0.1) is 6.33 Å². The Morgan fingerprint density at radius 1 is 1.25 bits per heavy atom. The second kappa shape index (κ2) is 7.16. The van der Waals surface area contributed by atoms with Crippen molar-refractivity contribution in [3.8, 4) is 0 Å². The van der Waals surface area contributed by atoms with Crippen molar-refractivity contribution in [3.63, 3.8) is 0 Å². The summed E-state index contributed by atoms with van der Waals surface area (Å²) in [5.41, 5.74) is 7.16. The Balaban J connectivity index is 2.13. The second-order valence-electron chi connectivity index (χ2n) is 7.65. The maximum Gasteiger partial charge on any atom is 0.191 e. The van der Waals surface area contributed by atoms with Crippen LogP contribution in [0.1, 0.15) is 39.7 Å². The van der Waals surface area contributed by atoms with Crippen LogP contribution in [0.5, 0.6) is 0 Å². The lowest BCUT2D eigenvalue weighted by Crippen LogP contribution is -2.41. The van der Waals surface area contributed by atoms with Crippen LogP contribution in [0.4, 0.5) is 5.82 Å². The van der Waals surface area contributed by atoms with Gasteiger partial charge in [-0.15, -0.1) is 0 Å². The Morgan fingerprint density at radius 3 is 2.58 bits per heavy atom. The van der Waals surface area contributed by atoms with Gasteiger partial charge >= 0.3 is 0 Å². The minimum atomic E-state index is -1.78. The first-order valence-electron chi connectivity index (χ1n) is 8.35. The van der Waals surface area contributed by atoms with Gasteiger partial charge < -0.3 is 19.8 Å². The number of aliphatic hydroxyl groups is 1. The number of nitrogens with two attached hydrogens (primary N) is 1. The van der Waals surface area contributed by atoms with Crippen LogP contribution in [0.2, 0.25) is 18.1 Å². The third kappa shape index (κ3) is 3.93.